The first-order chi connectivity index (χ1) is 7.40. The molecule has 1 N–H and O–H groups in total. The van der Waals surface area contributed by atoms with E-state index in [1.165, 1.54) is 0 Å². The number of sulfone groups is 1. The Hall–Kier alpha value is -0.130. The summed E-state index contributed by atoms with van der Waals surface area (Å²) in [5, 5.41) is 3.49. The quantitative estimate of drug-likeness (QED) is 0.792. The number of hydrogen-bond acceptors (Lipinski definition) is 4. The van der Waals surface area contributed by atoms with E-state index in [4.69, 9.17) is 4.74 Å². The second kappa shape index (κ2) is 4.27. The predicted octanol–water partition coefficient (Wildman–Crippen LogP) is 0.578. The van der Waals surface area contributed by atoms with Crippen LogP contribution in [0.1, 0.15) is 26.7 Å². The minimum Gasteiger partial charge on any atom is -0.381 e. The van der Waals surface area contributed by atoms with Crippen LogP contribution in [-0.2, 0) is 14.6 Å². The molecule has 2 heterocycles. The highest BCUT2D eigenvalue weighted by atomic mass is 32.2. The first-order valence-electron chi connectivity index (χ1n) is 5.96. The fourth-order valence-electron chi connectivity index (χ4n) is 2.74. The molecule has 0 radical (unpaired) electrons. The lowest BCUT2D eigenvalue weighted by molar-refractivity contribution is 0.173. The number of hydrogen-bond donors (Lipinski definition) is 1. The van der Waals surface area contributed by atoms with Gasteiger partial charge in [-0.3, -0.25) is 0 Å². The number of ether oxygens (including phenoxy) is 1. The van der Waals surface area contributed by atoms with Crippen molar-refractivity contribution in [2.75, 3.05) is 24.7 Å². The van der Waals surface area contributed by atoms with E-state index in [0.29, 0.717) is 17.7 Å². The molecular formula is C11H21NO3S. The SMILES string of the molecule is CC(NC1(C)CCS(=O)(=O)C1)C1CCOC1. The van der Waals surface area contributed by atoms with Crippen molar-refractivity contribution in [3.63, 3.8) is 0 Å². The summed E-state index contributed by atoms with van der Waals surface area (Å²) in [6, 6.07) is 0.334. The Morgan fingerprint density at radius 1 is 1.50 bits per heavy atom. The van der Waals surface area contributed by atoms with E-state index >= 15 is 0 Å². The molecule has 2 saturated heterocycles. The molecule has 0 aliphatic carbocycles. The summed E-state index contributed by atoms with van der Waals surface area (Å²) in [5.74, 6) is 1.13. The fraction of sp³-hybridized carbons (Fsp3) is 1.00. The molecule has 2 aliphatic heterocycles. The normalized spacial score (nSPS) is 40.0. The lowest BCUT2D eigenvalue weighted by Crippen LogP contribution is -2.50. The summed E-state index contributed by atoms with van der Waals surface area (Å²) in [4.78, 5) is 0. The maximum Gasteiger partial charge on any atom is 0.152 e. The molecule has 2 aliphatic rings. The summed E-state index contributed by atoms with van der Waals surface area (Å²) in [6.45, 7) is 5.79. The topological polar surface area (TPSA) is 55.4 Å². The molecule has 3 unspecified atom stereocenters. The lowest BCUT2D eigenvalue weighted by atomic mass is 9.95. The van der Waals surface area contributed by atoms with Gasteiger partial charge < -0.3 is 10.1 Å². The monoisotopic (exact) mass is 247 g/mol. The minimum absolute atomic E-state index is 0.235. The Labute approximate surface area is 97.7 Å². The van der Waals surface area contributed by atoms with E-state index < -0.39 is 9.84 Å². The van der Waals surface area contributed by atoms with Crippen molar-refractivity contribution in [2.24, 2.45) is 5.92 Å². The second-order valence-corrected chi connectivity index (χ2v) is 7.64. The van der Waals surface area contributed by atoms with Crippen molar-refractivity contribution >= 4 is 9.84 Å². The van der Waals surface area contributed by atoms with Crippen LogP contribution in [0, 0.1) is 5.92 Å². The third-order valence-corrected chi connectivity index (χ3v) is 5.65. The molecule has 2 fully saturated rings. The smallest absolute Gasteiger partial charge is 0.152 e. The van der Waals surface area contributed by atoms with Gasteiger partial charge in [-0.15, -0.1) is 0 Å². The van der Waals surface area contributed by atoms with Crippen LogP contribution in [0.5, 0.6) is 0 Å². The van der Waals surface area contributed by atoms with Crippen LogP contribution in [0.3, 0.4) is 0 Å². The molecule has 0 spiro atoms. The van der Waals surface area contributed by atoms with Crippen LogP contribution in [0.4, 0.5) is 0 Å². The van der Waals surface area contributed by atoms with Gasteiger partial charge in [0.1, 0.15) is 0 Å². The molecule has 0 aromatic carbocycles. The summed E-state index contributed by atoms with van der Waals surface area (Å²) in [5.41, 5.74) is -0.235. The lowest BCUT2D eigenvalue weighted by Gasteiger charge is -2.31. The molecule has 0 bridgehead atoms. The molecule has 94 valence electrons. The molecule has 4 nitrogen and oxygen atoms in total. The van der Waals surface area contributed by atoms with Crippen LogP contribution >= 0.6 is 0 Å². The average molecular weight is 247 g/mol. The van der Waals surface area contributed by atoms with Gasteiger partial charge in [0.2, 0.25) is 0 Å². The standard InChI is InChI=1S/C11H21NO3S/c1-9(10-3-5-15-7-10)12-11(2)4-6-16(13,14)8-11/h9-10,12H,3-8H2,1-2H3. The summed E-state index contributed by atoms with van der Waals surface area (Å²) in [6.07, 6.45) is 1.81. The Morgan fingerprint density at radius 3 is 2.75 bits per heavy atom. The highest BCUT2D eigenvalue weighted by Crippen LogP contribution is 2.26. The van der Waals surface area contributed by atoms with Crippen LogP contribution in [0.25, 0.3) is 0 Å². The van der Waals surface area contributed by atoms with E-state index in [1.54, 1.807) is 0 Å². The van der Waals surface area contributed by atoms with E-state index in [2.05, 4.69) is 12.2 Å². The Kier molecular flexibility index (Phi) is 3.29. The second-order valence-electron chi connectivity index (χ2n) is 5.46. The van der Waals surface area contributed by atoms with Crippen molar-refractivity contribution in [1.82, 2.24) is 5.32 Å². The van der Waals surface area contributed by atoms with Crippen molar-refractivity contribution in [1.29, 1.82) is 0 Å². The maximum absolute atomic E-state index is 11.5. The van der Waals surface area contributed by atoms with Crippen LogP contribution < -0.4 is 5.32 Å². The van der Waals surface area contributed by atoms with E-state index in [-0.39, 0.29) is 11.3 Å². The van der Waals surface area contributed by atoms with Gasteiger partial charge in [-0.2, -0.15) is 0 Å². The largest absolute Gasteiger partial charge is 0.381 e. The third kappa shape index (κ3) is 2.76. The molecule has 0 amide bonds. The van der Waals surface area contributed by atoms with Gasteiger partial charge in [0.25, 0.3) is 0 Å². The van der Waals surface area contributed by atoms with E-state index in [9.17, 15) is 8.42 Å². The van der Waals surface area contributed by atoms with Crippen molar-refractivity contribution in [3.8, 4) is 0 Å². The van der Waals surface area contributed by atoms with Crippen LogP contribution in [-0.4, -0.2) is 44.7 Å². The zero-order chi connectivity index (χ0) is 11.8. The van der Waals surface area contributed by atoms with Gasteiger partial charge in [0, 0.05) is 18.2 Å². The zero-order valence-corrected chi connectivity index (χ0v) is 10.8. The van der Waals surface area contributed by atoms with Gasteiger partial charge in [0.05, 0.1) is 18.1 Å². The summed E-state index contributed by atoms with van der Waals surface area (Å²) in [7, 11) is -2.82. The summed E-state index contributed by atoms with van der Waals surface area (Å²) < 4.78 is 28.3. The molecule has 0 aromatic heterocycles. The first kappa shape index (κ1) is 12.3. The first-order valence-corrected chi connectivity index (χ1v) is 7.78. The third-order valence-electron chi connectivity index (χ3n) is 3.75. The van der Waals surface area contributed by atoms with Crippen molar-refractivity contribution in [2.45, 2.75) is 38.3 Å². The fourth-order valence-corrected chi connectivity index (χ4v) is 4.84. The molecule has 16 heavy (non-hydrogen) atoms. The number of rotatable bonds is 3. The molecule has 2 rings (SSSR count). The van der Waals surface area contributed by atoms with Gasteiger partial charge >= 0.3 is 0 Å². The highest BCUT2D eigenvalue weighted by Gasteiger charge is 2.40. The maximum atomic E-state index is 11.5. The van der Waals surface area contributed by atoms with E-state index in [1.807, 2.05) is 6.92 Å². The van der Waals surface area contributed by atoms with Crippen LogP contribution in [0.2, 0.25) is 0 Å². The molecule has 0 aromatic rings. The van der Waals surface area contributed by atoms with E-state index in [0.717, 1.165) is 26.1 Å². The van der Waals surface area contributed by atoms with Gasteiger partial charge in [-0.1, -0.05) is 0 Å². The summed E-state index contributed by atoms with van der Waals surface area (Å²) >= 11 is 0. The highest BCUT2D eigenvalue weighted by molar-refractivity contribution is 7.91. The van der Waals surface area contributed by atoms with Crippen LogP contribution in [0.15, 0.2) is 0 Å². The Balaban J connectivity index is 1.93. The molecular weight excluding hydrogens is 226 g/mol. The van der Waals surface area contributed by atoms with Gasteiger partial charge in [-0.25, -0.2) is 8.42 Å². The molecule has 5 heteroatoms. The zero-order valence-electron chi connectivity index (χ0n) is 10.0. The Bertz CT molecular complexity index is 348. The van der Waals surface area contributed by atoms with Gasteiger partial charge in [0.15, 0.2) is 9.84 Å². The number of nitrogens with one attached hydrogen (secondary N) is 1. The molecule has 3 atom stereocenters. The van der Waals surface area contributed by atoms with Crippen molar-refractivity contribution < 1.29 is 13.2 Å². The molecule has 0 saturated carbocycles. The average Bonchev–Trinajstić information content (AvgIpc) is 2.73. The minimum atomic E-state index is -2.82. The predicted molar refractivity (Wildman–Crippen MR) is 63.2 cm³/mol. The van der Waals surface area contributed by atoms with Gasteiger partial charge in [-0.05, 0) is 32.6 Å². The Morgan fingerprint density at radius 2 is 2.25 bits per heavy atom. The van der Waals surface area contributed by atoms with Crippen molar-refractivity contribution in [3.05, 3.63) is 0 Å².